The van der Waals surface area contributed by atoms with Gasteiger partial charge in [0.25, 0.3) is 0 Å². The molecule has 0 bridgehead atoms. The number of nitrogens with zero attached hydrogens (tertiary/aromatic N) is 3. The van der Waals surface area contributed by atoms with Gasteiger partial charge in [-0.25, -0.2) is 4.99 Å². The van der Waals surface area contributed by atoms with Crippen molar-refractivity contribution in [1.82, 2.24) is 9.80 Å². The highest BCUT2D eigenvalue weighted by atomic mass is 32.2. The predicted molar refractivity (Wildman–Crippen MR) is 201 cm³/mol. The Morgan fingerprint density at radius 1 is 0.898 bits per heavy atom. The number of aliphatic hydroxyl groups excluding tert-OH is 1. The number of aliphatic imine (C=N–C) groups is 1. The summed E-state index contributed by atoms with van der Waals surface area (Å²) >= 11 is 1.80. The van der Waals surface area contributed by atoms with Gasteiger partial charge in [-0.1, -0.05) is 94.1 Å². The number of unbranched alkanes of at least 4 members (excludes halogenated alkanes) is 5. The highest BCUT2D eigenvalue weighted by Gasteiger charge is 2.25. The van der Waals surface area contributed by atoms with Gasteiger partial charge in [0.05, 0.1) is 25.5 Å². The lowest BCUT2D eigenvalue weighted by molar-refractivity contribution is 0.0652. The molecule has 0 aromatic heterocycles. The van der Waals surface area contributed by atoms with E-state index in [1.54, 1.807) is 11.8 Å². The molecule has 2 unspecified atom stereocenters. The van der Waals surface area contributed by atoms with E-state index in [0.717, 1.165) is 74.3 Å². The van der Waals surface area contributed by atoms with Gasteiger partial charge in [0.2, 0.25) is 6.79 Å². The summed E-state index contributed by atoms with van der Waals surface area (Å²) < 4.78 is 28.4. The maximum atomic E-state index is 12.3. The molecule has 0 saturated carbocycles. The van der Waals surface area contributed by atoms with Gasteiger partial charge < -0.3 is 24.2 Å². The predicted octanol–water partition coefficient (Wildman–Crippen LogP) is 7.31. The van der Waals surface area contributed by atoms with Crippen molar-refractivity contribution in [2.75, 3.05) is 65.1 Å². The molecule has 266 valence electrons. The van der Waals surface area contributed by atoms with E-state index in [4.69, 9.17) is 24.3 Å². The molecular weight excluding hydrogens is 655 g/mol. The zero-order valence-electron chi connectivity index (χ0n) is 29.2. The second-order valence-corrected chi connectivity index (χ2v) is 15.8. The molecule has 10 heteroatoms. The molecular formula is C39H53N3O5S2. The van der Waals surface area contributed by atoms with Crippen molar-refractivity contribution in [3.8, 4) is 11.5 Å². The molecule has 0 radical (unpaired) electrons. The van der Waals surface area contributed by atoms with Gasteiger partial charge in [0.15, 0.2) is 11.5 Å². The van der Waals surface area contributed by atoms with Crippen LogP contribution in [0.2, 0.25) is 0 Å². The van der Waals surface area contributed by atoms with Gasteiger partial charge in [-0.15, -0.1) is 0 Å². The molecule has 0 amide bonds. The Morgan fingerprint density at radius 3 is 2.45 bits per heavy atom. The fourth-order valence-electron chi connectivity index (χ4n) is 6.17. The zero-order chi connectivity index (χ0) is 34.3. The van der Waals surface area contributed by atoms with Crippen LogP contribution in [-0.2, 0) is 22.0 Å². The van der Waals surface area contributed by atoms with Crippen LogP contribution in [0, 0.1) is 0 Å². The molecule has 1 saturated heterocycles. The number of para-hydroxylation sites is 1. The molecule has 1 N–H and O–H groups in total. The van der Waals surface area contributed by atoms with Gasteiger partial charge in [-0.3, -0.25) is 9.11 Å². The van der Waals surface area contributed by atoms with Crippen molar-refractivity contribution in [3.63, 3.8) is 0 Å². The molecule has 49 heavy (non-hydrogen) atoms. The number of fused-ring (bicyclic) bond motifs is 3. The van der Waals surface area contributed by atoms with E-state index in [-0.39, 0.29) is 11.9 Å². The number of benzene rings is 3. The van der Waals surface area contributed by atoms with Crippen LogP contribution in [-0.4, -0.2) is 95.3 Å². The Bertz CT molecular complexity index is 1510. The highest BCUT2D eigenvalue weighted by molar-refractivity contribution is 7.99. The van der Waals surface area contributed by atoms with Crippen molar-refractivity contribution in [1.29, 1.82) is 0 Å². The summed E-state index contributed by atoms with van der Waals surface area (Å²) in [5.74, 6) is 3.54. The van der Waals surface area contributed by atoms with E-state index in [1.165, 1.54) is 53.0 Å². The zero-order valence-corrected chi connectivity index (χ0v) is 30.8. The van der Waals surface area contributed by atoms with Crippen LogP contribution in [0.15, 0.2) is 81.5 Å². The van der Waals surface area contributed by atoms with Crippen molar-refractivity contribution < 1.29 is 23.5 Å². The molecule has 3 heterocycles. The Balaban J connectivity index is 0.000000196. The largest absolute Gasteiger partial charge is 0.454 e. The summed E-state index contributed by atoms with van der Waals surface area (Å²) in [5, 5.41) is 8.99. The van der Waals surface area contributed by atoms with E-state index in [1.807, 2.05) is 18.2 Å². The van der Waals surface area contributed by atoms with Crippen LogP contribution in [0.4, 0.5) is 5.69 Å². The van der Waals surface area contributed by atoms with Crippen molar-refractivity contribution in [2.24, 2.45) is 4.99 Å². The lowest BCUT2D eigenvalue weighted by Crippen LogP contribution is -2.49. The lowest BCUT2D eigenvalue weighted by atomic mass is 10.1. The van der Waals surface area contributed by atoms with Gasteiger partial charge >= 0.3 is 0 Å². The minimum atomic E-state index is -0.743. The number of hydrogen-bond donors (Lipinski definition) is 1. The molecule has 8 nitrogen and oxygen atoms in total. The van der Waals surface area contributed by atoms with Gasteiger partial charge in [-0.2, -0.15) is 0 Å². The standard InChI is InChI=1S/C21H25N3O2S.C18H28O3S/c25-14-16-26-15-13-23-9-11-24(12-10-23)21-17-5-1-3-7-19(17)27-20-8-4-2-6-18(20)22-21;1-3-4-5-6-7-8-11-22(19)15(2)12-16-9-10-17-18(13-16)21-14-20-17/h1-8,25H,9-16H2;9-10,13,15H,3-8,11-12,14H2,1-2H3. The molecule has 0 aliphatic carbocycles. The first-order valence-corrected chi connectivity index (χ1v) is 20.1. The maximum Gasteiger partial charge on any atom is 0.231 e. The summed E-state index contributed by atoms with van der Waals surface area (Å²) in [6, 6.07) is 23.0. The fraction of sp³-hybridized carbons (Fsp3) is 0.513. The van der Waals surface area contributed by atoms with Crippen LogP contribution in [0.1, 0.15) is 63.5 Å². The van der Waals surface area contributed by atoms with Crippen molar-refractivity contribution >= 4 is 34.1 Å². The smallest absolute Gasteiger partial charge is 0.231 e. The normalized spacial score (nSPS) is 16.5. The third-order valence-corrected chi connectivity index (χ3v) is 11.9. The van der Waals surface area contributed by atoms with Gasteiger partial charge in [-0.05, 0) is 48.7 Å². The monoisotopic (exact) mass is 707 g/mol. The van der Waals surface area contributed by atoms with E-state index >= 15 is 0 Å². The molecule has 3 aliphatic heterocycles. The SMILES string of the molecule is CCCCCCCCS(=O)C(C)Cc1ccc2c(c1)OCO2.OCCOCCN1CCN(C2=Nc3ccccc3Sc3ccccc32)CC1. The quantitative estimate of drug-likeness (QED) is 0.165. The molecule has 0 spiro atoms. The number of hydrogen-bond acceptors (Lipinski definition) is 9. The lowest BCUT2D eigenvalue weighted by Gasteiger charge is -2.36. The average Bonchev–Trinajstić information content (AvgIpc) is 3.53. The van der Waals surface area contributed by atoms with Gasteiger partial charge in [0, 0.05) is 69.9 Å². The second-order valence-electron chi connectivity index (χ2n) is 12.7. The third-order valence-electron chi connectivity index (χ3n) is 9.01. The molecule has 3 aromatic carbocycles. The molecule has 3 aromatic rings. The first-order chi connectivity index (χ1) is 24.1. The van der Waals surface area contributed by atoms with E-state index < -0.39 is 10.8 Å². The minimum absolute atomic E-state index is 0.0898. The summed E-state index contributed by atoms with van der Waals surface area (Å²) in [4.78, 5) is 12.4. The topological polar surface area (TPSA) is 83.8 Å². The van der Waals surface area contributed by atoms with Crippen LogP contribution in [0.5, 0.6) is 11.5 Å². The van der Waals surface area contributed by atoms with Crippen LogP contribution in [0.25, 0.3) is 0 Å². The van der Waals surface area contributed by atoms with Crippen molar-refractivity contribution in [3.05, 3.63) is 77.9 Å². The molecule has 3 aliphatic rings. The number of aliphatic hydroxyl groups is 1. The Hall–Kier alpha value is -2.89. The van der Waals surface area contributed by atoms with Crippen LogP contribution in [0.3, 0.4) is 0 Å². The second kappa shape index (κ2) is 20.1. The van der Waals surface area contributed by atoms with Crippen LogP contribution >= 0.6 is 11.8 Å². The average molecular weight is 708 g/mol. The van der Waals surface area contributed by atoms with E-state index in [0.29, 0.717) is 20.0 Å². The summed E-state index contributed by atoms with van der Waals surface area (Å²) in [6.07, 6.45) is 8.32. The Kier molecular flexibility index (Phi) is 15.3. The fourth-order valence-corrected chi connectivity index (χ4v) is 8.46. The maximum absolute atomic E-state index is 12.3. The summed E-state index contributed by atoms with van der Waals surface area (Å²) in [6.45, 7) is 10.6. The Morgan fingerprint density at radius 2 is 1.63 bits per heavy atom. The first-order valence-electron chi connectivity index (χ1n) is 17.9. The highest BCUT2D eigenvalue weighted by Crippen LogP contribution is 2.40. The van der Waals surface area contributed by atoms with E-state index in [2.05, 4.69) is 72.2 Å². The number of piperazine rings is 1. The van der Waals surface area contributed by atoms with E-state index in [9.17, 15) is 4.21 Å². The third kappa shape index (κ3) is 11.3. The Labute approximate surface area is 299 Å². The minimum Gasteiger partial charge on any atom is -0.454 e. The summed E-state index contributed by atoms with van der Waals surface area (Å²) in [5.41, 5.74) is 3.44. The molecule has 1 fully saturated rings. The van der Waals surface area contributed by atoms with Crippen LogP contribution < -0.4 is 9.47 Å². The molecule has 2 atom stereocenters. The van der Waals surface area contributed by atoms with Crippen molar-refractivity contribution in [2.45, 2.75) is 73.8 Å². The summed E-state index contributed by atoms with van der Waals surface area (Å²) in [7, 11) is -0.743. The number of ether oxygens (including phenoxy) is 3. The number of rotatable bonds is 15. The van der Waals surface area contributed by atoms with Gasteiger partial charge in [0.1, 0.15) is 5.84 Å². The number of amidine groups is 1. The first kappa shape index (κ1) is 37.4. The molecule has 6 rings (SSSR count).